The second kappa shape index (κ2) is 12.6. The molecule has 2 saturated heterocycles. The van der Waals surface area contributed by atoms with Gasteiger partial charge < -0.3 is 25.2 Å². The maximum atomic E-state index is 13.6. The Kier molecular flexibility index (Phi) is 9.62. The molecule has 2 fully saturated rings. The van der Waals surface area contributed by atoms with Gasteiger partial charge in [0.2, 0.25) is 5.91 Å². The summed E-state index contributed by atoms with van der Waals surface area (Å²) in [5.74, 6) is 0.780. The van der Waals surface area contributed by atoms with Crippen LogP contribution >= 0.6 is 0 Å². The predicted octanol–water partition coefficient (Wildman–Crippen LogP) is 2.27. The van der Waals surface area contributed by atoms with Gasteiger partial charge in [-0.15, -0.1) is 0 Å². The van der Waals surface area contributed by atoms with Gasteiger partial charge >= 0.3 is 0 Å². The summed E-state index contributed by atoms with van der Waals surface area (Å²) in [5.41, 5.74) is 1.39. The molecule has 2 heterocycles. The Morgan fingerprint density at radius 2 is 1.82 bits per heavy atom. The van der Waals surface area contributed by atoms with Crippen molar-refractivity contribution < 1.29 is 19.2 Å². The van der Waals surface area contributed by atoms with Gasteiger partial charge in [-0.2, -0.15) is 0 Å². The van der Waals surface area contributed by atoms with Crippen LogP contribution in [0.1, 0.15) is 65.7 Å². The zero-order chi connectivity index (χ0) is 24.5. The first kappa shape index (κ1) is 25.9. The van der Waals surface area contributed by atoms with Crippen LogP contribution in [0.25, 0.3) is 0 Å². The lowest BCUT2D eigenvalue weighted by Crippen LogP contribution is -2.47. The highest BCUT2D eigenvalue weighted by Gasteiger charge is 2.31. The van der Waals surface area contributed by atoms with E-state index in [0.29, 0.717) is 23.3 Å². The maximum absolute atomic E-state index is 13.6. The molecule has 186 valence electrons. The first-order valence-corrected chi connectivity index (χ1v) is 12.5. The topological polar surface area (TPSA) is 98.8 Å². The van der Waals surface area contributed by atoms with Gasteiger partial charge in [0.1, 0.15) is 12.3 Å². The molecule has 1 unspecified atom stereocenters. The molecular formula is C26H38N4O4. The third-order valence-electron chi connectivity index (χ3n) is 7.39. The Bertz CT molecular complexity index is 860. The summed E-state index contributed by atoms with van der Waals surface area (Å²) < 4.78 is 0. The van der Waals surface area contributed by atoms with Crippen LogP contribution in [-0.2, 0) is 9.59 Å². The van der Waals surface area contributed by atoms with Crippen LogP contribution in [0.4, 0.5) is 5.69 Å². The number of benzene rings is 1. The average molecular weight is 471 g/mol. The second-order valence-electron chi connectivity index (χ2n) is 9.51. The number of piperidine rings is 2. The molecule has 0 bridgehead atoms. The van der Waals surface area contributed by atoms with E-state index in [1.54, 1.807) is 19.2 Å². The fourth-order valence-electron chi connectivity index (χ4n) is 5.36. The maximum Gasteiger partial charge on any atom is 0.257 e. The highest BCUT2D eigenvalue weighted by atomic mass is 16.2. The molecule has 3 rings (SSSR count). The molecule has 0 saturated carbocycles. The number of hydrogen-bond acceptors (Lipinski definition) is 6. The Hall–Kier alpha value is -2.74. The van der Waals surface area contributed by atoms with Crippen molar-refractivity contribution in [3.8, 4) is 0 Å². The smallest absolute Gasteiger partial charge is 0.257 e. The van der Waals surface area contributed by atoms with Crippen molar-refractivity contribution in [3.63, 3.8) is 0 Å². The van der Waals surface area contributed by atoms with E-state index in [9.17, 15) is 19.2 Å². The Labute approximate surface area is 202 Å². The van der Waals surface area contributed by atoms with Gasteiger partial charge in [0.05, 0.1) is 11.3 Å². The molecule has 2 N–H and O–H groups in total. The third kappa shape index (κ3) is 6.23. The summed E-state index contributed by atoms with van der Waals surface area (Å²) in [5, 5.41) is 6.01. The first-order valence-electron chi connectivity index (χ1n) is 12.5. The fraction of sp³-hybridized carbons (Fsp3) is 0.615. The lowest BCUT2D eigenvalue weighted by molar-refractivity contribution is -0.125. The van der Waals surface area contributed by atoms with Crippen LogP contribution in [-0.4, -0.2) is 75.6 Å². The number of anilines is 1. The minimum atomic E-state index is -0.786. The van der Waals surface area contributed by atoms with E-state index in [1.807, 2.05) is 6.07 Å². The van der Waals surface area contributed by atoms with E-state index in [2.05, 4.69) is 15.5 Å². The van der Waals surface area contributed by atoms with Crippen LogP contribution in [0, 0.1) is 11.8 Å². The standard InChI is InChI=1S/C26H38N4O4/c1-27-25(33)23(7-4-16-31)29(2)26(34)24-21(18-32)5-3-6-22(24)30-14-10-20(11-15-30)17-19-8-12-28-13-9-19/h3,5-6,16,18-20,23,28H,4,7-15,17H2,1-2H3,(H,27,33). The van der Waals surface area contributed by atoms with Gasteiger partial charge in [-0.1, -0.05) is 12.1 Å². The predicted molar refractivity (Wildman–Crippen MR) is 132 cm³/mol. The van der Waals surface area contributed by atoms with Crippen molar-refractivity contribution in [2.45, 2.75) is 51.0 Å². The zero-order valence-corrected chi connectivity index (χ0v) is 20.4. The average Bonchev–Trinajstić information content (AvgIpc) is 2.88. The molecule has 0 aliphatic carbocycles. The minimum absolute atomic E-state index is 0.169. The summed E-state index contributed by atoms with van der Waals surface area (Å²) in [6, 6.07) is 4.55. The van der Waals surface area contributed by atoms with Crippen molar-refractivity contribution in [1.82, 2.24) is 15.5 Å². The first-order chi connectivity index (χ1) is 16.5. The number of hydrogen-bond donors (Lipinski definition) is 2. The van der Waals surface area contributed by atoms with E-state index in [1.165, 1.54) is 31.2 Å². The SMILES string of the molecule is CNC(=O)C(CCC=O)N(C)C(=O)c1c(C=O)cccc1N1CCC(CC2CCNCC2)CC1. The molecular weight excluding hydrogens is 432 g/mol. The van der Waals surface area contributed by atoms with Crippen molar-refractivity contribution in [1.29, 1.82) is 0 Å². The monoisotopic (exact) mass is 470 g/mol. The Balaban J connectivity index is 1.77. The summed E-state index contributed by atoms with van der Waals surface area (Å²) in [7, 11) is 3.07. The molecule has 2 aliphatic heterocycles. The molecule has 8 nitrogen and oxygen atoms in total. The number of likely N-dealkylation sites (N-methyl/N-ethyl adjacent to an activating group) is 2. The fourth-order valence-corrected chi connectivity index (χ4v) is 5.36. The van der Waals surface area contributed by atoms with Crippen molar-refractivity contribution in [2.75, 3.05) is 45.2 Å². The quantitative estimate of drug-likeness (QED) is 0.509. The lowest BCUT2D eigenvalue weighted by atomic mass is 9.83. The van der Waals surface area contributed by atoms with Gasteiger partial charge in [-0.05, 0) is 69.5 Å². The molecule has 2 amide bonds. The molecule has 1 aromatic carbocycles. The van der Waals surface area contributed by atoms with Crippen molar-refractivity contribution in [3.05, 3.63) is 29.3 Å². The highest BCUT2D eigenvalue weighted by molar-refractivity contribution is 6.07. The van der Waals surface area contributed by atoms with E-state index >= 15 is 0 Å². The largest absolute Gasteiger partial charge is 0.371 e. The third-order valence-corrected chi connectivity index (χ3v) is 7.39. The van der Waals surface area contributed by atoms with Gasteiger partial charge in [-0.3, -0.25) is 14.4 Å². The molecule has 2 aliphatic rings. The van der Waals surface area contributed by atoms with Crippen molar-refractivity contribution >= 4 is 30.1 Å². The number of carbonyl (C=O) groups is 4. The summed E-state index contributed by atoms with van der Waals surface area (Å²) in [6.07, 6.45) is 7.75. The second-order valence-corrected chi connectivity index (χ2v) is 9.51. The number of rotatable bonds is 10. The molecule has 1 atom stereocenters. The van der Waals surface area contributed by atoms with Gasteiger partial charge in [0.15, 0.2) is 6.29 Å². The number of nitrogens with one attached hydrogen (secondary N) is 2. The number of carbonyl (C=O) groups excluding carboxylic acids is 4. The summed E-state index contributed by atoms with van der Waals surface area (Å²) >= 11 is 0. The molecule has 1 aromatic rings. The molecule has 0 spiro atoms. The molecule has 0 radical (unpaired) electrons. The zero-order valence-electron chi connectivity index (χ0n) is 20.4. The van der Waals surface area contributed by atoms with E-state index in [0.717, 1.165) is 56.9 Å². The van der Waals surface area contributed by atoms with Crippen LogP contribution in [0.5, 0.6) is 0 Å². The minimum Gasteiger partial charge on any atom is -0.371 e. The molecule has 34 heavy (non-hydrogen) atoms. The number of amides is 2. The van der Waals surface area contributed by atoms with Gasteiger partial charge in [0, 0.05) is 39.2 Å². The van der Waals surface area contributed by atoms with E-state index in [-0.39, 0.29) is 24.7 Å². The normalized spacial score (nSPS) is 18.2. The Morgan fingerprint density at radius 1 is 1.15 bits per heavy atom. The van der Waals surface area contributed by atoms with Gasteiger partial charge in [-0.25, -0.2) is 0 Å². The number of nitrogens with zero attached hydrogens (tertiary/aromatic N) is 2. The van der Waals surface area contributed by atoms with Crippen LogP contribution in [0.3, 0.4) is 0 Å². The summed E-state index contributed by atoms with van der Waals surface area (Å²) in [4.78, 5) is 52.4. The van der Waals surface area contributed by atoms with Crippen LogP contribution < -0.4 is 15.5 Å². The van der Waals surface area contributed by atoms with Crippen LogP contribution in [0.15, 0.2) is 18.2 Å². The van der Waals surface area contributed by atoms with Crippen LogP contribution in [0.2, 0.25) is 0 Å². The number of aldehydes is 2. The molecule has 0 aromatic heterocycles. The molecule has 8 heteroatoms. The van der Waals surface area contributed by atoms with Gasteiger partial charge in [0.25, 0.3) is 5.91 Å². The van der Waals surface area contributed by atoms with E-state index in [4.69, 9.17) is 0 Å². The lowest BCUT2D eigenvalue weighted by Gasteiger charge is -2.37. The van der Waals surface area contributed by atoms with Crippen molar-refractivity contribution in [2.24, 2.45) is 11.8 Å². The van der Waals surface area contributed by atoms with E-state index < -0.39 is 6.04 Å². The highest BCUT2D eigenvalue weighted by Crippen LogP contribution is 2.33. The summed E-state index contributed by atoms with van der Waals surface area (Å²) in [6.45, 7) is 3.91. The Morgan fingerprint density at radius 3 is 2.44 bits per heavy atom.